The number of para-hydroxylation sites is 1. The number of rotatable bonds is 10. The first-order valence-corrected chi connectivity index (χ1v) is 12.7. The second-order valence-electron chi connectivity index (χ2n) is 10.5. The Hall–Kier alpha value is -3.67. The van der Waals surface area contributed by atoms with Crippen LogP contribution in [-0.4, -0.2) is 34.9 Å². The maximum Gasteiger partial charge on any atom is 0.261 e. The van der Waals surface area contributed by atoms with Gasteiger partial charge >= 0.3 is 0 Å². The topological polar surface area (TPSA) is 58.6 Å². The molecule has 1 N–H and O–H groups in total. The molecule has 6 heteroatoms. The molecule has 0 aliphatic heterocycles. The van der Waals surface area contributed by atoms with Crippen LogP contribution < -0.4 is 10.1 Å². The molecule has 1 atom stereocenters. The summed E-state index contributed by atoms with van der Waals surface area (Å²) in [5, 5.41) is 3.01. The van der Waals surface area contributed by atoms with Gasteiger partial charge < -0.3 is 15.0 Å². The third-order valence-corrected chi connectivity index (χ3v) is 5.96. The minimum absolute atomic E-state index is 0.0598. The number of hydrogen-bond donors (Lipinski definition) is 1. The van der Waals surface area contributed by atoms with Crippen LogP contribution in [0.25, 0.3) is 0 Å². The average Bonchev–Trinajstić information content (AvgIpc) is 2.85. The quantitative estimate of drug-likeness (QED) is 0.375. The zero-order valence-electron chi connectivity index (χ0n) is 22.3. The maximum absolute atomic E-state index is 14.7. The normalized spacial score (nSPS) is 12.2. The van der Waals surface area contributed by atoms with E-state index in [-0.39, 0.29) is 31.4 Å². The number of hydrogen-bond acceptors (Lipinski definition) is 3. The molecule has 37 heavy (non-hydrogen) atoms. The molecule has 3 rings (SSSR count). The van der Waals surface area contributed by atoms with Crippen LogP contribution in [0.2, 0.25) is 0 Å². The standard InChI is InChI=1S/C31H37FN2O3/c1-22(2)25-16-10-12-18-28(25)37-21-29(35)34(20-24-15-9-11-17-26(24)32)27(30(36)33-31(3,4)5)19-23-13-7-6-8-14-23/h6-18,22,27H,19-21H2,1-5H3,(H,33,36). The van der Waals surface area contributed by atoms with Crippen LogP contribution in [0.15, 0.2) is 78.9 Å². The van der Waals surface area contributed by atoms with Crippen LogP contribution in [-0.2, 0) is 22.6 Å². The van der Waals surface area contributed by atoms with Crippen molar-refractivity contribution in [2.24, 2.45) is 0 Å². The number of amides is 2. The van der Waals surface area contributed by atoms with E-state index in [4.69, 9.17) is 4.74 Å². The van der Waals surface area contributed by atoms with Gasteiger partial charge in [0.1, 0.15) is 17.6 Å². The molecule has 0 heterocycles. The van der Waals surface area contributed by atoms with Crippen LogP contribution in [0, 0.1) is 5.82 Å². The molecular formula is C31H37FN2O3. The van der Waals surface area contributed by atoms with Crippen LogP contribution in [0.3, 0.4) is 0 Å². The van der Waals surface area contributed by atoms with E-state index in [9.17, 15) is 14.0 Å². The molecule has 3 aromatic carbocycles. The van der Waals surface area contributed by atoms with Crippen molar-refractivity contribution in [2.45, 2.75) is 65.1 Å². The van der Waals surface area contributed by atoms with Crippen LogP contribution >= 0.6 is 0 Å². The Morgan fingerprint density at radius 3 is 2.19 bits per heavy atom. The molecule has 0 aliphatic carbocycles. The van der Waals surface area contributed by atoms with Gasteiger partial charge in [0.2, 0.25) is 5.91 Å². The summed E-state index contributed by atoms with van der Waals surface area (Å²) in [5.74, 6) is -0.295. The first kappa shape index (κ1) is 27.9. The summed E-state index contributed by atoms with van der Waals surface area (Å²) in [6, 6.07) is 22.5. The summed E-state index contributed by atoms with van der Waals surface area (Å²) in [6.07, 6.45) is 0.283. The third-order valence-electron chi connectivity index (χ3n) is 5.96. The molecule has 0 radical (unpaired) electrons. The van der Waals surface area contributed by atoms with E-state index < -0.39 is 23.3 Å². The van der Waals surface area contributed by atoms with Gasteiger partial charge in [-0.3, -0.25) is 9.59 Å². The first-order chi connectivity index (χ1) is 17.5. The van der Waals surface area contributed by atoms with Gasteiger partial charge in [-0.15, -0.1) is 0 Å². The van der Waals surface area contributed by atoms with Crippen LogP contribution in [0.1, 0.15) is 57.2 Å². The predicted molar refractivity (Wildman–Crippen MR) is 145 cm³/mol. The molecule has 0 fully saturated rings. The fraction of sp³-hybridized carbons (Fsp3) is 0.355. The lowest BCUT2D eigenvalue weighted by atomic mass is 10.0. The van der Waals surface area contributed by atoms with E-state index in [1.807, 2.05) is 75.4 Å². The summed E-state index contributed by atoms with van der Waals surface area (Å²) in [6.45, 7) is 9.45. The van der Waals surface area contributed by atoms with Crippen molar-refractivity contribution < 1.29 is 18.7 Å². The molecule has 1 unspecified atom stereocenters. The molecule has 5 nitrogen and oxygen atoms in total. The lowest BCUT2D eigenvalue weighted by Gasteiger charge is -2.34. The molecule has 3 aromatic rings. The highest BCUT2D eigenvalue weighted by molar-refractivity contribution is 5.89. The Kier molecular flexibility index (Phi) is 9.45. The molecule has 2 amide bonds. The number of benzene rings is 3. The molecule has 0 aromatic heterocycles. The number of nitrogens with one attached hydrogen (secondary N) is 1. The molecule has 0 saturated heterocycles. The van der Waals surface area contributed by atoms with Gasteiger partial charge in [-0.05, 0) is 49.9 Å². The van der Waals surface area contributed by atoms with Gasteiger partial charge in [-0.2, -0.15) is 0 Å². The van der Waals surface area contributed by atoms with Crippen molar-refractivity contribution in [1.29, 1.82) is 0 Å². The summed E-state index contributed by atoms with van der Waals surface area (Å²) in [4.78, 5) is 28.7. The van der Waals surface area contributed by atoms with E-state index in [1.165, 1.54) is 11.0 Å². The lowest BCUT2D eigenvalue weighted by Crippen LogP contribution is -2.55. The minimum Gasteiger partial charge on any atom is -0.483 e. The second-order valence-corrected chi connectivity index (χ2v) is 10.5. The second kappa shape index (κ2) is 12.5. The van der Waals surface area contributed by atoms with Crippen molar-refractivity contribution >= 4 is 11.8 Å². The first-order valence-electron chi connectivity index (χ1n) is 12.7. The van der Waals surface area contributed by atoms with Gasteiger partial charge in [0.25, 0.3) is 5.91 Å². The number of ether oxygens (including phenoxy) is 1. The molecule has 0 saturated carbocycles. The van der Waals surface area contributed by atoms with E-state index >= 15 is 0 Å². The summed E-state index contributed by atoms with van der Waals surface area (Å²) >= 11 is 0. The molecule has 0 aliphatic rings. The molecular weight excluding hydrogens is 467 g/mol. The van der Waals surface area contributed by atoms with E-state index in [0.717, 1.165) is 11.1 Å². The Bertz CT molecular complexity index is 1190. The van der Waals surface area contributed by atoms with E-state index in [2.05, 4.69) is 19.2 Å². The van der Waals surface area contributed by atoms with Gasteiger partial charge in [0.05, 0.1) is 0 Å². The Morgan fingerprint density at radius 1 is 0.919 bits per heavy atom. The average molecular weight is 505 g/mol. The largest absolute Gasteiger partial charge is 0.483 e. The molecule has 0 bridgehead atoms. The van der Waals surface area contributed by atoms with Crippen LogP contribution in [0.4, 0.5) is 4.39 Å². The van der Waals surface area contributed by atoms with Crippen molar-refractivity contribution in [1.82, 2.24) is 10.2 Å². The zero-order valence-corrected chi connectivity index (χ0v) is 22.3. The Labute approximate surface area is 219 Å². The molecule has 196 valence electrons. The van der Waals surface area contributed by atoms with Crippen LogP contribution in [0.5, 0.6) is 5.75 Å². The van der Waals surface area contributed by atoms with Gasteiger partial charge in [-0.1, -0.05) is 80.6 Å². The van der Waals surface area contributed by atoms with Crippen molar-refractivity contribution in [3.05, 3.63) is 101 Å². The van der Waals surface area contributed by atoms with Crippen molar-refractivity contribution in [2.75, 3.05) is 6.61 Å². The monoisotopic (exact) mass is 504 g/mol. The molecule has 0 spiro atoms. The SMILES string of the molecule is CC(C)c1ccccc1OCC(=O)N(Cc1ccccc1F)C(Cc1ccccc1)C(=O)NC(C)(C)C. The van der Waals surface area contributed by atoms with E-state index in [1.54, 1.807) is 18.2 Å². The lowest BCUT2D eigenvalue weighted by molar-refractivity contribution is -0.143. The Morgan fingerprint density at radius 2 is 1.54 bits per heavy atom. The van der Waals surface area contributed by atoms with Gasteiger partial charge in [-0.25, -0.2) is 4.39 Å². The smallest absolute Gasteiger partial charge is 0.261 e. The van der Waals surface area contributed by atoms with Gasteiger partial charge in [0.15, 0.2) is 6.61 Å². The summed E-state index contributed by atoms with van der Waals surface area (Å²) in [5.41, 5.74) is 1.71. The summed E-state index contributed by atoms with van der Waals surface area (Å²) in [7, 11) is 0. The zero-order chi connectivity index (χ0) is 27.0. The number of carbonyl (C=O) groups excluding carboxylic acids is 2. The van der Waals surface area contributed by atoms with Crippen molar-refractivity contribution in [3.63, 3.8) is 0 Å². The summed E-state index contributed by atoms with van der Waals surface area (Å²) < 4.78 is 20.7. The van der Waals surface area contributed by atoms with Crippen molar-refractivity contribution in [3.8, 4) is 5.75 Å². The number of carbonyl (C=O) groups is 2. The highest BCUT2D eigenvalue weighted by Crippen LogP contribution is 2.26. The highest BCUT2D eigenvalue weighted by Gasteiger charge is 2.33. The minimum atomic E-state index is -0.863. The van der Waals surface area contributed by atoms with Gasteiger partial charge in [0, 0.05) is 24.1 Å². The number of halogens is 1. The fourth-order valence-corrected chi connectivity index (χ4v) is 4.13. The highest BCUT2D eigenvalue weighted by atomic mass is 19.1. The predicted octanol–water partition coefficient (Wildman–Crippen LogP) is 5.88. The number of nitrogens with zero attached hydrogens (tertiary/aromatic N) is 1. The maximum atomic E-state index is 14.7. The van der Waals surface area contributed by atoms with E-state index in [0.29, 0.717) is 11.3 Å². The third kappa shape index (κ3) is 8.17. The Balaban J connectivity index is 1.96. The fourth-order valence-electron chi connectivity index (χ4n) is 4.13.